The van der Waals surface area contributed by atoms with E-state index in [1.54, 1.807) is 24.3 Å². The van der Waals surface area contributed by atoms with Crippen molar-refractivity contribution in [3.05, 3.63) is 96.1 Å². The number of amides is 1. The summed E-state index contributed by atoms with van der Waals surface area (Å²) < 4.78 is 10.5. The van der Waals surface area contributed by atoms with Crippen molar-refractivity contribution in [2.45, 2.75) is 13.1 Å². The van der Waals surface area contributed by atoms with Crippen molar-refractivity contribution in [1.29, 1.82) is 0 Å². The molecule has 2 N–H and O–H groups in total. The predicted molar refractivity (Wildman–Crippen MR) is 135 cm³/mol. The highest BCUT2D eigenvalue weighted by Gasteiger charge is 2.64. The lowest BCUT2D eigenvalue weighted by Gasteiger charge is -2.46. The average Bonchev–Trinajstić information content (AvgIpc) is 2.89. The van der Waals surface area contributed by atoms with Crippen LogP contribution in [0.4, 0.5) is 0 Å². The van der Waals surface area contributed by atoms with Crippen molar-refractivity contribution in [3.8, 4) is 11.5 Å². The summed E-state index contributed by atoms with van der Waals surface area (Å²) in [7, 11) is 1.06. The fourth-order valence-corrected chi connectivity index (χ4v) is 4.83. The molecule has 0 heterocycles. The van der Waals surface area contributed by atoms with Crippen molar-refractivity contribution in [2.75, 3.05) is 7.11 Å². The summed E-state index contributed by atoms with van der Waals surface area (Å²) in [5.74, 6) is -9.06. The number of rotatable bonds is 10. The van der Waals surface area contributed by atoms with Crippen LogP contribution in [-0.2, 0) is 37.0 Å². The van der Waals surface area contributed by atoms with Gasteiger partial charge in [0, 0.05) is 13.1 Å². The van der Waals surface area contributed by atoms with Gasteiger partial charge in [0.05, 0.1) is 30.8 Å². The Hall–Kier alpha value is -4.66. The third-order valence-electron chi connectivity index (χ3n) is 6.68. The van der Waals surface area contributed by atoms with Gasteiger partial charge in [0.15, 0.2) is 0 Å². The van der Waals surface area contributed by atoms with Gasteiger partial charge in [0.2, 0.25) is 5.91 Å². The average molecular weight is 518 g/mol. The van der Waals surface area contributed by atoms with Gasteiger partial charge in [-0.05, 0) is 35.4 Å². The van der Waals surface area contributed by atoms with E-state index in [4.69, 9.17) is 4.74 Å². The van der Waals surface area contributed by atoms with E-state index in [1.165, 1.54) is 4.90 Å². The number of esters is 1. The summed E-state index contributed by atoms with van der Waals surface area (Å²) in [6.45, 7) is 0.220. The van der Waals surface area contributed by atoms with Crippen LogP contribution in [0.2, 0.25) is 0 Å². The molecule has 1 amide bonds. The Balaban J connectivity index is 1.60. The van der Waals surface area contributed by atoms with Crippen molar-refractivity contribution in [2.24, 2.45) is 23.7 Å². The van der Waals surface area contributed by atoms with Gasteiger partial charge in [-0.3, -0.25) is 19.2 Å². The fraction of sp³-hybridized carbons (Fsp3) is 0.241. The zero-order valence-electron chi connectivity index (χ0n) is 20.6. The minimum Gasteiger partial charge on any atom is -0.481 e. The van der Waals surface area contributed by atoms with Gasteiger partial charge >= 0.3 is 17.9 Å². The number of carboxylic acid groups (broad SMARTS) is 2. The predicted octanol–water partition coefficient (Wildman–Crippen LogP) is 3.83. The molecule has 0 spiro atoms. The van der Waals surface area contributed by atoms with E-state index in [-0.39, 0.29) is 13.1 Å². The molecule has 0 aromatic heterocycles. The van der Waals surface area contributed by atoms with Crippen LogP contribution in [0.1, 0.15) is 11.1 Å². The number of nitrogens with zero attached hydrogens (tertiary/aromatic N) is 1. The van der Waals surface area contributed by atoms with E-state index >= 15 is 0 Å². The number of para-hydroxylation sites is 1. The molecule has 2 unspecified atom stereocenters. The molecule has 0 radical (unpaired) electrons. The monoisotopic (exact) mass is 517 g/mol. The highest BCUT2D eigenvalue weighted by molar-refractivity contribution is 5.98. The van der Waals surface area contributed by atoms with Crippen molar-refractivity contribution >= 4 is 23.8 Å². The zero-order valence-corrected chi connectivity index (χ0v) is 20.6. The molecule has 1 fully saturated rings. The standard InChI is InChI=1S/C29H27NO8/c1-37-29(36)25-23(27(32)33)22(24(25)28(34)35)26(31)30(16-18-8-4-2-5-9-18)17-19-12-14-21(15-13-19)38-20-10-6-3-7-11-20/h2-15,22-25H,16-17H2,1H3,(H,32,33)(H,34,35). The van der Waals surface area contributed by atoms with Crippen LogP contribution in [0.15, 0.2) is 84.9 Å². The number of benzene rings is 3. The molecule has 3 aromatic rings. The maximum Gasteiger partial charge on any atom is 0.310 e. The minimum atomic E-state index is -1.50. The van der Waals surface area contributed by atoms with Crippen molar-refractivity contribution < 1.29 is 38.9 Å². The Labute approximate surface area is 219 Å². The topological polar surface area (TPSA) is 130 Å². The number of carbonyl (C=O) groups is 4. The van der Waals surface area contributed by atoms with Gasteiger partial charge < -0.3 is 24.6 Å². The molecular formula is C29H27NO8. The summed E-state index contributed by atoms with van der Waals surface area (Å²) in [5, 5.41) is 19.6. The largest absolute Gasteiger partial charge is 0.481 e. The Kier molecular flexibility index (Phi) is 8.06. The highest BCUT2D eigenvalue weighted by Crippen LogP contribution is 2.48. The molecule has 0 saturated heterocycles. The first kappa shape index (κ1) is 26.4. The number of carbonyl (C=O) groups excluding carboxylic acids is 2. The molecule has 4 rings (SSSR count). The summed E-state index contributed by atoms with van der Waals surface area (Å²) in [5.41, 5.74) is 1.52. The Morgan fingerprint density at radius 1 is 0.658 bits per heavy atom. The third-order valence-corrected chi connectivity index (χ3v) is 6.68. The summed E-state index contributed by atoms with van der Waals surface area (Å²) >= 11 is 0. The van der Waals surface area contributed by atoms with Gasteiger partial charge in [0.25, 0.3) is 0 Å². The van der Waals surface area contributed by atoms with E-state index in [0.717, 1.165) is 18.2 Å². The van der Waals surface area contributed by atoms with Crippen LogP contribution >= 0.6 is 0 Å². The highest BCUT2D eigenvalue weighted by atomic mass is 16.5. The molecule has 9 nitrogen and oxygen atoms in total. The zero-order chi connectivity index (χ0) is 27.2. The second kappa shape index (κ2) is 11.6. The molecule has 3 aromatic carbocycles. The molecule has 1 saturated carbocycles. The van der Waals surface area contributed by atoms with Crippen molar-refractivity contribution in [1.82, 2.24) is 4.90 Å². The SMILES string of the molecule is COC(=O)C1C(C(=O)O)C(C(=O)N(Cc2ccccc2)Cc2ccc(Oc3ccccc3)cc2)C1C(=O)O. The molecule has 0 bridgehead atoms. The Morgan fingerprint density at radius 2 is 1.13 bits per heavy atom. The lowest BCUT2D eigenvalue weighted by Crippen LogP contribution is -2.62. The van der Waals surface area contributed by atoms with E-state index in [9.17, 15) is 29.4 Å². The maximum atomic E-state index is 13.8. The smallest absolute Gasteiger partial charge is 0.310 e. The number of hydrogen-bond donors (Lipinski definition) is 2. The van der Waals surface area contributed by atoms with E-state index in [2.05, 4.69) is 4.74 Å². The number of hydrogen-bond acceptors (Lipinski definition) is 6. The second-order valence-electron chi connectivity index (χ2n) is 9.04. The first-order valence-electron chi connectivity index (χ1n) is 12.0. The first-order valence-corrected chi connectivity index (χ1v) is 12.0. The summed E-state index contributed by atoms with van der Waals surface area (Å²) in [6.07, 6.45) is 0. The first-order chi connectivity index (χ1) is 18.3. The Morgan fingerprint density at radius 3 is 1.63 bits per heavy atom. The molecule has 2 atom stereocenters. The number of carboxylic acids is 2. The van der Waals surface area contributed by atoms with Gasteiger partial charge in [0.1, 0.15) is 11.5 Å². The Bertz CT molecular complexity index is 1270. The quantitative estimate of drug-likeness (QED) is 0.388. The fourth-order valence-electron chi connectivity index (χ4n) is 4.83. The normalized spacial score (nSPS) is 20.0. The summed E-state index contributed by atoms with van der Waals surface area (Å²) in [6, 6.07) is 25.4. The minimum absolute atomic E-state index is 0.0947. The van der Waals surface area contributed by atoms with Crippen LogP contribution in [0.25, 0.3) is 0 Å². The molecule has 0 aliphatic heterocycles. The summed E-state index contributed by atoms with van der Waals surface area (Å²) in [4.78, 5) is 51.5. The van der Waals surface area contributed by atoms with Gasteiger partial charge in [-0.1, -0.05) is 60.7 Å². The van der Waals surface area contributed by atoms with E-state index in [0.29, 0.717) is 11.5 Å². The van der Waals surface area contributed by atoms with Gasteiger partial charge in [-0.2, -0.15) is 0 Å². The lowest BCUT2D eigenvalue weighted by molar-refractivity contribution is -0.191. The van der Waals surface area contributed by atoms with Crippen LogP contribution < -0.4 is 4.74 Å². The van der Waals surface area contributed by atoms with Crippen LogP contribution in [0.5, 0.6) is 11.5 Å². The molecule has 1 aliphatic rings. The lowest BCUT2D eigenvalue weighted by atomic mass is 9.55. The van der Waals surface area contributed by atoms with Crippen molar-refractivity contribution in [3.63, 3.8) is 0 Å². The van der Waals surface area contributed by atoms with Crippen LogP contribution in [-0.4, -0.2) is 46.0 Å². The van der Waals surface area contributed by atoms with E-state index < -0.39 is 47.5 Å². The molecule has 1 aliphatic carbocycles. The number of aliphatic carboxylic acids is 2. The van der Waals surface area contributed by atoms with Gasteiger partial charge in [-0.25, -0.2) is 0 Å². The van der Waals surface area contributed by atoms with Gasteiger partial charge in [-0.15, -0.1) is 0 Å². The number of ether oxygens (including phenoxy) is 2. The van der Waals surface area contributed by atoms with E-state index in [1.807, 2.05) is 60.7 Å². The molecule has 9 heteroatoms. The van der Waals surface area contributed by atoms with Crippen LogP contribution in [0, 0.1) is 23.7 Å². The number of methoxy groups -OCH3 is 1. The molecular weight excluding hydrogens is 490 g/mol. The van der Waals surface area contributed by atoms with Crippen LogP contribution in [0.3, 0.4) is 0 Å². The molecule has 196 valence electrons. The maximum absolute atomic E-state index is 13.8. The third kappa shape index (κ3) is 5.67. The second-order valence-corrected chi connectivity index (χ2v) is 9.04. The molecule has 38 heavy (non-hydrogen) atoms.